The van der Waals surface area contributed by atoms with Gasteiger partial charge in [0.15, 0.2) is 6.23 Å². The van der Waals surface area contributed by atoms with Gasteiger partial charge in [-0.1, -0.05) is 18.2 Å². The van der Waals surface area contributed by atoms with Crippen LogP contribution in [0.5, 0.6) is 0 Å². The van der Waals surface area contributed by atoms with Crippen molar-refractivity contribution in [3.05, 3.63) is 83.9 Å². The fraction of sp³-hybridized carbons (Fsp3) is 0.200. The Morgan fingerprint density at radius 2 is 1.88 bits per heavy atom. The van der Waals surface area contributed by atoms with Crippen LogP contribution >= 0.6 is 0 Å². The molecule has 3 aromatic rings. The van der Waals surface area contributed by atoms with E-state index in [9.17, 15) is 4.39 Å². The molecule has 0 bridgehead atoms. The van der Waals surface area contributed by atoms with E-state index in [0.717, 1.165) is 23.5 Å². The van der Waals surface area contributed by atoms with Crippen molar-refractivity contribution in [2.75, 3.05) is 18.1 Å². The largest absolute Gasteiger partial charge is 0.352 e. The highest BCUT2D eigenvalue weighted by molar-refractivity contribution is 5.51. The summed E-state index contributed by atoms with van der Waals surface area (Å²) in [5.41, 5.74) is 4.27. The van der Waals surface area contributed by atoms with E-state index in [-0.39, 0.29) is 12.0 Å². The molecule has 0 amide bonds. The third kappa shape index (κ3) is 2.81. The quantitative estimate of drug-likeness (QED) is 0.708. The van der Waals surface area contributed by atoms with Crippen LogP contribution in [0.15, 0.2) is 67.0 Å². The molecule has 4 heteroatoms. The van der Waals surface area contributed by atoms with Gasteiger partial charge in [-0.05, 0) is 48.9 Å². The smallest absolute Gasteiger partial charge is 0.158 e. The highest BCUT2D eigenvalue weighted by Gasteiger charge is 2.28. The number of benzene rings is 2. The van der Waals surface area contributed by atoms with Crippen LogP contribution in [0.4, 0.5) is 10.1 Å². The monoisotopic (exact) mass is 322 g/mol. The Morgan fingerprint density at radius 3 is 2.71 bits per heavy atom. The minimum Gasteiger partial charge on any atom is -0.352 e. The van der Waals surface area contributed by atoms with Crippen LogP contribution in [0.2, 0.25) is 0 Å². The molecule has 1 aromatic heterocycles. The summed E-state index contributed by atoms with van der Waals surface area (Å²) in [4.78, 5) is 2.26. The van der Waals surface area contributed by atoms with E-state index in [2.05, 4.69) is 36.1 Å². The summed E-state index contributed by atoms with van der Waals surface area (Å²) in [7, 11) is 0. The van der Waals surface area contributed by atoms with Crippen molar-refractivity contribution < 1.29 is 9.13 Å². The zero-order valence-corrected chi connectivity index (χ0v) is 13.5. The zero-order chi connectivity index (χ0) is 16.5. The van der Waals surface area contributed by atoms with Crippen molar-refractivity contribution in [1.82, 2.24) is 4.57 Å². The lowest BCUT2D eigenvalue weighted by Crippen LogP contribution is -2.23. The average Bonchev–Trinajstić information content (AvgIpc) is 3.24. The highest BCUT2D eigenvalue weighted by Crippen LogP contribution is 2.33. The number of aryl methyl sites for hydroxylation is 1. The second-order valence-corrected chi connectivity index (χ2v) is 6.09. The maximum absolute atomic E-state index is 13.4. The van der Waals surface area contributed by atoms with Gasteiger partial charge in [0.05, 0.1) is 6.61 Å². The number of hydrogen-bond donors (Lipinski definition) is 0. The van der Waals surface area contributed by atoms with Gasteiger partial charge in [0, 0.05) is 35.9 Å². The number of ether oxygens (including phenoxy) is 1. The second-order valence-electron chi connectivity index (χ2n) is 6.09. The van der Waals surface area contributed by atoms with Gasteiger partial charge in [0.2, 0.25) is 0 Å². The molecule has 0 saturated carbocycles. The maximum atomic E-state index is 13.4. The molecule has 0 unspecified atom stereocenters. The molecular weight excluding hydrogens is 303 g/mol. The van der Waals surface area contributed by atoms with E-state index in [0.29, 0.717) is 6.61 Å². The lowest BCUT2D eigenvalue weighted by Gasteiger charge is -2.25. The summed E-state index contributed by atoms with van der Waals surface area (Å²) in [5.74, 6) is -0.235. The van der Waals surface area contributed by atoms with Gasteiger partial charge in [0.1, 0.15) is 5.82 Å². The molecule has 1 fully saturated rings. The number of rotatable bonds is 3. The molecule has 4 rings (SSSR count). The first-order chi connectivity index (χ1) is 11.7. The Kier molecular flexibility index (Phi) is 3.82. The molecular formula is C20H19FN2O. The van der Waals surface area contributed by atoms with Crippen LogP contribution < -0.4 is 4.90 Å². The first kappa shape index (κ1) is 15.0. The predicted molar refractivity (Wildman–Crippen MR) is 92.9 cm³/mol. The van der Waals surface area contributed by atoms with Crippen molar-refractivity contribution in [2.45, 2.75) is 13.2 Å². The van der Waals surface area contributed by atoms with Gasteiger partial charge >= 0.3 is 0 Å². The molecule has 122 valence electrons. The number of aromatic nitrogens is 1. The van der Waals surface area contributed by atoms with Crippen molar-refractivity contribution in [1.29, 1.82) is 0 Å². The number of halogens is 1. The minimum atomic E-state index is -0.235. The van der Waals surface area contributed by atoms with E-state index < -0.39 is 0 Å². The van der Waals surface area contributed by atoms with Gasteiger partial charge in [-0.2, -0.15) is 0 Å². The maximum Gasteiger partial charge on any atom is 0.158 e. The highest BCUT2D eigenvalue weighted by atomic mass is 19.1. The van der Waals surface area contributed by atoms with Crippen LogP contribution in [0, 0.1) is 12.7 Å². The lowest BCUT2D eigenvalue weighted by atomic mass is 10.2. The summed E-state index contributed by atoms with van der Waals surface area (Å²) < 4.78 is 21.3. The first-order valence-corrected chi connectivity index (χ1v) is 8.09. The Balaban J connectivity index is 1.64. The van der Waals surface area contributed by atoms with E-state index in [1.165, 1.54) is 17.7 Å². The van der Waals surface area contributed by atoms with Crippen LogP contribution in [-0.4, -0.2) is 17.7 Å². The van der Waals surface area contributed by atoms with Crippen molar-refractivity contribution in [3.63, 3.8) is 0 Å². The van der Waals surface area contributed by atoms with E-state index in [1.807, 2.05) is 29.1 Å². The molecule has 0 aliphatic carbocycles. The fourth-order valence-corrected chi connectivity index (χ4v) is 3.17. The Hall–Kier alpha value is -2.59. The van der Waals surface area contributed by atoms with Crippen LogP contribution in [0.3, 0.4) is 0 Å². The van der Waals surface area contributed by atoms with Crippen LogP contribution in [0.25, 0.3) is 5.69 Å². The molecule has 1 aliphatic heterocycles. The topological polar surface area (TPSA) is 17.4 Å². The molecule has 1 atom stereocenters. The molecule has 2 heterocycles. The second kappa shape index (κ2) is 6.13. The lowest BCUT2D eigenvalue weighted by molar-refractivity contribution is 0.114. The van der Waals surface area contributed by atoms with Gasteiger partial charge in [-0.15, -0.1) is 0 Å². The van der Waals surface area contributed by atoms with E-state index in [1.54, 1.807) is 6.07 Å². The van der Waals surface area contributed by atoms with Crippen molar-refractivity contribution >= 4 is 5.69 Å². The van der Waals surface area contributed by atoms with Crippen molar-refractivity contribution in [2.24, 2.45) is 0 Å². The first-order valence-electron chi connectivity index (χ1n) is 8.09. The minimum absolute atomic E-state index is 0.110. The summed E-state index contributed by atoms with van der Waals surface area (Å²) in [6.07, 6.45) is 3.84. The number of hydrogen-bond acceptors (Lipinski definition) is 2. The van der Waals surface area contributed by atoms with Crippen LogP contribution in [-0.2, 0) is 4.74 Å². The number of anilines is 1. The third-order valence-corrected chi connectivity index (χ3v) is 4.33. The zero-order valence-electron chi connectivity index (χ0n) is 13.5. The molecule has 24 heavy (non-hydrogen) atoms. The van der Waals surface area contributed by atoms with Crippen molar-refractivity contribution in [3.8, 4) is 5.69 Å². The molecule has 1 aliphatic rings. The standard InChI is InChI=1S/C20H19FN2O/c1-15-4-2-7-19(12-15)23-10-11-24-20(23)16-8-9-22(14-16)18-6-3-5-17(21)13-18/h2-9,12-14,20H,10-11H2,1H3/t20-/m1/s1. The molecule has 0 N–H and O–H groups in total. The normalized spacial score (nSPS) is 17.4. The SMILES string of the molecule is Cc1cccc(N2CCO[C@@H]2c2ccn(-c3cccc(F)c3)c2)c1. The summed E-state index contributed by atoms with van der Waals surface area (Å²) in [5, 5.41) is 0. The van der Waals surface area contributed by atoms with Gasteiger partial charge in [0.25, 0.3) is 0 Å². The average molecular weight is 322 g/mol. The Bertz CT molecular complexity index is 858. The van der Waals surface area contributed by atoms with E-state index >= 15 is 0 Å². The van der Waals surface area contributed by atoms with Gasteiger partial charge in [-0.3, -0.25) is 0 Å². The Labute approximate surface area is 140 Å². The molecule has 0 spiro atoms. The Morgan fingerprint density at radius 1 is 1.04 bits per heavy atom. The van der Waals surface area contributed by atoms with Gasteiger partial charge < -0.3 is 14.2 Å². The molecule has 0 radical (unpaired) electrons. The fourth-order valence-electron chi connectivity index (χ4n) is 3.17. The predicted octanol–water partition coefficient (Wildman–Crippen LogP) is 4.46. The summed E-state index contributed by atoms with van der Waals surface area (Å²) in [6.45, 7) is 3.65. The number of nitrogens with zero attached hydrogens (tertiary/aromatic N) is 2. The molecule has 2 aromatic carbocycles. The van der Waals surface area contributed by atoms with Gasteiger partial charge in [-0.25, -0.2) is 4.39 Å². The van der Waals surface area contributed by atoms with E-state index in [4.69, 9.17) is 4.74 Å². The molecule has 3 nitrogen and oxygen atoms in total. The third-order valence-electron chi connectivity index (χ3n) is 4.33. The summed E-state index contributed by atoms with van der Waals surface area (Å²) in [6, 6.07) is 17.1. The molecule has 1 saturated heterocycles. The van der Waals surface area contributed by atoms with Crippen LogP contribution in [0.1, 0.15) is 17.4 Å². The summed E-state index contributed by atoms with van der Waals surface area (Å²) >= 11 is 0.